The highest BCUT2D eigenvalue weighted by Crippen LogP contribution is 2.18. The van der Waals surface area contributed by atoms with Crippen LogP contribution < -0.4 is 0 Å². The third-order valence-corrected chi connectivity index (χ3v) is 2.42. The van der Waals surface area contributed by atoms with Crippen LogP contribution in [0.4, 0.5) is 0 Å². The highest BCUT2D eigenvalue weighted by Gasteiger charge is 2.22. The minimum absolute atomic E-state index is 0.306. The summed E-state index contributed by atoms with van der Waals surface area (Å²) in [5.74, 6) is 5.98. The fraction of sp³-hybridized carbons (Fsp3) is 0.800. The van der Waals surface area contributed by atoms with Gasteiger partial charge in [-0.1, -0.05) is 5.92 Å². The van der Waals surface area contributed by atoms with Crippen molar-refractivity contribution < 1.29 is 5.11 Å². The van der Waals surface area contributed by atoms with Crippen molar-refractivity contribution in [2.24, 2.45) is 0 Å². The van der Waals surface area contributed by atoms with Crippen molar-refractivity contribution >= 4 is 0 Å². The lowest BCUT2D eigenvalue weighted by molar-refractivity contribution is 0.209. The average Bonchev–Trinajstić information content (AvgIpc) is 2.50. The molecule has 12 heavy (non-hydrogen) atoms. The predicted molar refractivity (Wildman–Crippen MR) is 49.7 cm³/mol. The van der Waals surface area contributed by atoms with Gasteiger partial charge >= 0.3 is 0 Å². The summed E-state index contributed by atoms with van der Waals surface area (Å²) in [7, 11) is 0. The second-order valence-electron chi connectivity index (χ2n) is 3.21. The van der Waals surface area contributed by atoms with Crippen LogP contribution in [0.2, 0.25) is 0 Å². The van der Waals surface area contributed by atoms with E-state index in [0.29, 0.717) is 12.6 Å². The highest BCUT2D eigenvalue weighted by atomic mass is 16.3. The second-order valence-corrected chi connectivity index (χ2v) is 3.21. The second kappa shape index (κ2) is 5.18. The fourth-order valence-corrected chi connectivity index (χ4v) is 1.76. The Labute approximate surface area is 74.6 Å². The van der Waals surface area contributed by atoms with Gasteiger partial charge in [-0.25, -0.2) is 0 Å². The molecule has 1 fully saturated rings. The summed E-state index contributed by atoms with van der Waals surface area (Å²) in [6.45, 7) is 4.21. The summed E-state index contributed by atoms with van der Waals surface area (Å²) in [6.07, 6.45) is 3.40. The van der Waals surface area contributed by atoms with Gasteiger partial charge in [0.2, 0.25) is 0 Å². The van der Waals surface area contributed by atoms with E-state index in [0.717, 1.165) is 19.5 Å². The Morgan fingerprint density at radius 2 is 2.42 bits per heavy atom. The van der Waals surface area contributed by atoms with Gasteiger partial charge in [0.25, 0.3) is 0 Å². The highest BCUT2D eigenvalue weighted by molar-refractivity contribution is 4.99. The Bertz CT molecular complexity index is 180. The van der Waals surface area contributed by atoms with E-state index in [1.54, 1.807) is 0 Å². The molecule has 0 aromatic rings. The number of rotatable bonds is 3. The van der Waals surface area contributed by atoms with Gasteiger partial charge in [0, 0.05) is 12.6 Å². The number of hydrogen-bond donors (Lipinski definition) is 1. The molecule has 0 aliphatic carbocycles. The lowest BCUT2D eigenvalue weighted by Crippen LogP contribution is -2.30. The van der Waals surface area contributed by atoms with Crippen LogP contribution in [0.1, 0.15) is 26.2 Å². The molecule has 1 N–H and O–H groups in total. The van der Waals surface area contributed by atoms with E-state index in [9.17, 15) is 0 Å². The topological polar surface area (TPSA) is 23.5 Å². The van der Waals surface area contributed by atoms with E-state index in [-0.39, 0.29) is 0 Å². The van der Waals surface area contributed by atoms with E-state index in [4.69, 9.17) is 5.11 Å². The number of aliphatic hydroxyl groups is 1. The van der Waals surface area contributed by atoms with Crippen molar-refractivity contribution in [1.29, 1.82) is 0 Å². The summed E-state index contributed by atoms with van der Waals surface area (Å²) in [5, 5.41) is 8.81. The number of likely N-dealkylation sites (tertiary alicyclic amines) is 1. The van der Waals surface area contributed by atoms with Crippen molar-refractivity contribution in [2.45, 2.75) is 32.2 Å². The average molecular weight is 167 g/mol. The Morgan fingerprint density at radius 3 is 3.08 bits per heavy atom. The lowest BCUT2D eigenvalue weighted by atomic mass is 10.1. The van der Waals surface area contributed by atoms with Crippen molar-refractivity contribution in [3.63, 3.8) is 0 Å². The Morgan fingerprint density at radius 1 is 1.58 bits per heavy atom. The molecule has 0 aromatic heterocycles. The minimum atomic E-state index is 0.306. The first kappa shape index (κ1) is 9.57. The zero-order valence-corrected chi connectivity index (χ0v) is 7.71. The van der Waals surface area contributed by atoms with Crippen LogP contribution in [0.5, 0.6) is 0 Å². The monoisotopic (exact) mass is 167 g/mol. The molecule has 2 heteroatoms. The summed E-state index contributed by atoms with van der Waals surface area (Å²) in [5.41, 5.74) is 0. The molecular formula is C10H17NO. The molecule has 0 bridgehead atoms. The molecule has 1 saturated heterocycles. The molecule has 0 spiro atoms. The summed E-state index contributed by atoms with van der Waals surface area (Å²) in [6, 6.07) is 0.579. The van der Waals surface area contributed by atoms with Gasteiger partial charge in [0.05, 0.1) is 6.54 Å². The van der Waals surface area contributed by atoms with Gasteiger partial charge in [-0.15, -0.1) is 5.92 Å². The quantitative estimate of drug-likeness (QED) is 0.630. The van der Waals surface area contributed by atoms with E-state index in [2.05, 4.69) is 16.7 Å². The Hall–Kier alpha value is -0.520. The third kappa shape index (κ3) is 2.51. The minimum Gasteiger partial charge on any atom is -0.396 e. The van der Waals surface area contributed by atoms with E-state index >= 15 is 0 Å². The molecule has 1 rings (SSSR count). The van der Waals surface area contributed by atoms with Crippen LogP contribution in [0.3, 0.4) is 0 Å². The zero-order valence-electron chi connectivity index (χ0n) is 7.71. The van der Waals surface area contributed by atoms with Gasteiger partial charge in [-0.2, -0.15) is 0 Å². The van der Waals surface area contributed by atoms with Crippen molar-refractivity contribution in [3.05, 3.63) is 0 Å². The van der Waals surface area contributed by atoms with E-state index in [1.807, 2.05) is 6.92 Å². The van der Waals surface area contributed by atoms with E-state index < -0.39 is 0 Å². The molecule has 1 aliphatic rings. The first-order chi connectivity index (χ1) is 5.88. The molecule has 68 valence electrons. The van der Waals surface area contributed by atoms with Crippen LogP contribution in [-0.4, -0.2) is 35.7 Å². The molecule has 2 nitrogen and oxygen atoms in total. The zero-order chi connectivity index (χ0) is 8.81. The van der Waals surface area contributed by atoms with Crippen LogP contribution in [0, 0.1) is 11.8 Å². The Balaban J connectivity index is 2.33. The van der Waals surface area contributed by atoms with Crippen LogP contribution >= 0.6 is 0 Å². The Kier molecular flexibility index (Phi) is 4.13. The number of aliphatic hydroxyl groups excluding tert-OH is 1. The molecule has 1 heterocycles. The molecule has 1 atom stereocenters. The van der Waals surface area contributed by atoms with Crippen LogP contribution in [0.15, 0.2) is 0 Å². The normalized spacial score (nSPS) is 23.7. The maximum Gasteiger partial charge on any atom is 0.0603 e. The molecule has 1 aliphatic heterocycles. The predicted octanol–water partition coefficient (Wildman–Crippen LogP) is 0.857. The molecule has 0 radical (unpaired) electrons. The molecular weight excluding hydrogens is 150 g/mol. The molecule has 1 unspecified atom stereocenters. The molecule has 0 saturated carbocycles. The molecule has 0 aromatic carbocycles. The number of nitrogens with zero attached hydrogens (tertiary/aromatic N) is 1. The van der Waals surface area contributed by atoms with E-state index in [1.165, 1.54) is 12.8 Å². The molecule has 0 amide bonds. The van der Waals surface area contributed by atoms with Gasteiger partial charge in [-0.05, 0) is 32.7 Å². The first-order valence-electron chi connectivity index (χ1n) is 4.63. The maximum absolute atomic E-state index is 8.81. The lowest BCUT2D eigenvalue weighted by Gasteiger charge is -2.20. The van der Waals surface area contributed by atoms with Gasteiger partial charge in [-0.3, -0.25) is 4.90 Å². The van der Waals surface area contributed by atoms with Crippen LogP contribution in [0.25, 0.3) is 0 Å². The first-order valence-corrected chi connectivity index (χ1v) is 4.63. The van der Waals surface area contributed by atoms with Gasteiger partial charge < -0.3 is 5.11 Å². The van der Waals surface area contributed by atoms with Gasteiger partial charge in [0.1, 0.15) is 0 Å². The van der Waals surface area contributed by atoms with Gasteiger partial charge in [0.15, 0.2) is 0 Å². The van der Waals surface area contributed by atoms with Crippen molar-refractivity contribution in [2.75, 3.05) is 19.7 Å². The fourth-order valence-electron chi connectivity index (χ4n) is 1.76. The maximum atomic E-state index is 8.81. The SMILES string of the molecule is CC#CCN1CCCC1CCO. The largest absolute Gasteiger partial charge is 0.396 e. The number of hydrogen-bond acceptors (Lipinski definition) is 2. The smallest absolute Gasteiger partial charge is 0.0603 e. The van der Waals surface area contributed by atoms with Crippen LogP contribution in [-0.2, 0) is 0 Å². The van der Waals surface area contributed by atoms with Crippen molar-refractivity contribution in [3.8, 4) is 11.8 Å². The van der Waals surface area contributed by atoms with Crippen molar-refractivity contribution in [1.82, 2.24) is 4.90 Å². The summed E-state index contributed by atoms with van der Waals surface area (Å²) >= 11 is 0. The third-order valence-electron chi connectivity index (χ3n) is 2.42. The summed E-state index contributed by atoms with van der Waals surface area (Å²) < 4.78 is 0. The summed E-state index contributed by atoms with van der Waals surface area (Å²) in [4.78, 5) is 2.37. The standard InChI is InChI=1S/C10H17NO/c1-2-3-7-11-8-4-5-10(11)6-9-12/h10,12H,4-9H2,1H3.